The van der Waals surface area contributed by atoms with Crippen LogP contribution in [-0.2, 0) is 23.1 Å². The van der Waals surface area contributed by atoms with Crippen molar-refractivity contribution < 1.29 is 13.2 Å². The first-order chi connectivity index (χ1) is 10.0. The molecule has 0 bridgehead atoms. The molecular weight excluding hydrogens is 290 g/mol. The fourth-order valence-electron chi connectivity index (χ4n) is 2.46. The Morgan fingerprint density at radius 3 is 2.86 bits per heavy atom. The Bertz CT molecular complexity index is 712. The van der Waals surface area contributed by atoms with E-state index in [1.165, 1.54) is 10.6 Å². The van der Waals surface area contributed by atoms with E-state index < -0.39 is 10.0 Å². The Kier molecular flexibility index (Phi) is 3.69. The Morgan fingerprint density at radius 2 is 2.14 bits per heavy atom. The Hall–Kier alpha value is -1.86. The van der Waals surface area contributed by atoms with Crippen molar-refractivity contribution in [2.45, 2.75) is 19.2 Å². The summed E-state index contributed by atoms with van der Waals surface area (Å²) in [5.41, 5.74) is 0.970. The lowest BCUT2D eigenvalue weighted by molar-refractivity contribution is 0.160. The number of aromatic nitrogens is 2. The summed E-state index contributed by atoms with van der Waals surface area (Å²) < 4.78 is 33.2. The van der Waals surface area contributed by atoms with Crippen LogP contribution in [0.3, 0.4) is 0 Å². The highest BCUT2D eigenvalue weighted by atomic mass is 32.2. The van der Waals surface area contributed by atoms with Crippen LogP contribution in [0.1, 0.15) is 5.69 Å². The number of pyridine rings is 1. The number of hydrogen-bond donors (Lipinski definition) is 0. The normalized spacial score (nSPS) is 19.8. The van der Waals surface area contributed by atoms with E-state index in [-0.39, 0.29) is 6.10 Å². The lowest BCUT2D eigenvalue weighted by Crippen LogP contribution is -2.38. The maximum Gasteiger partial charge on any atom is 0.211 e. The first-order valence-electron chi connectivity index (χ1n) is 6.68. The molecule has 6 nitrogen and oxygen atoms in total. The van der Waals surface area contributed by atoms with Crippen molar-refractivity contribution in [3.8, 4) is 5.75 Å². The number of fused-ring (bicyclic) bond motifs is 1. The fraction of sp³-hybridized carbons (Fsp3) is 0.357. The highest BCUT2D eigenvalue weighted by Gasteiger charge is 2.28. The highest BCUT2D eigenvalue weighted by molar-refractivity contribution is 7.88. The van der Waals surface area contributed by atoms with Crippen molar-refractivity contribution in [2.75, 3.05) is 12.8 Å². The molecule has 21 heavy (non-hydrogen) atoms. The monoisotopic (exact) mass is 307 g/mol. The van der Waals surface area contributed by atoms with E-state index >= 15 is 0 Å². The summed E-state index contributed by atoms with van der Waals surface area (Å²) in [6.07, 6.45) is 6.23. The second kappa shape index (κ2) is 5.50. The van der Waals surface area contributed by atoms with Gasteiger partial charge < -0.3 is 9.30 Å². The minimum atomic E-state index is -3.27. The molecule has 3 heterocycles. The average molecular weight is 307 g/mol. The molecule has 2 aromatic rings. The number of ether oxygens (including phenoxy) is 1. The molecule has 0 aromatic carbocycles. The van der Waals surface area contributed by atoms with Crippen LogP contribution >= 0.6 is 0 Å². The van der Waals surface area contributed by atoms with E-state index in [0.29, 0.717) is 25.4 Å². The van der Waals surface area contributed by atoms with Gasteiger partial charge in [-0.1, -0.05) is 0 Å². The van der Waals surface area contributed by atoms with E-state index in [2.05, 4.69) is 4.98 Å². The number of rotatable bonds is 3. The van der Waals surface area contributed by atoms with E-state index in [0.717, 1.165) is 5.69 Å². The molecule has 0 saturated heterocycles. The first-order valence-corrected chi connectivity index (χ1v) is 8.53. The van der Waals surface area contributed by atoms with Crippen molar-refractivity contribution >= 4 is 10.0 Å². The van der Waals surface area contributed by atoms with Crippen molar-refractivity contribution in [3.05, 3.63) is 48.5 Å². The Morgan fingerprint density at radius 1 is 1.29 bits per heavy atom. The van der Waals surface area contributed by atoms with Crippen LogP contribution in [0.2, 0.25) is 0 Å². The molecule has 0 spiro atoms. The fourth-order valence-corrected chi connectivity index (χ4v) is 3.26. The van der Waals surface area contributed by atoms with E-state index in [4.69, 9.17) is 4.74 Å². The molecular formula is C14H17N3O3S. The van der Waals surface area contributed by atoms with Gasteiger partial charge in [-0.3, -0.25) is 4.98 Å². The molecule has 7 heteroatoms. The summed E-state index contributed by atoms with van der Waals surface area (Å²) >= 11 is 0. The molecule has 0 fully saturated rings. The molecule has 1 atom stereocenters. The molecule has 1 unspecified atom stereocenters. The summed E-state index contributed by atoms with van der Waals surface area (Å²) in [5, 5.41) is 0. The van der Waals surface area contributed by atoms with Crippen LogP contribution < -0.4 is 4.74 Å². The summed E-state index contributed by atoms with van der Waals surface area (Å²) in [4.78, 5) is 4.01. The number of hydrogen-bond acceptors (Lipinski definition) is 4. The molecule has 112 valence electrons. The van der Waals surface area contributed by atoms with E-state index in [1.54, 1.807) is 18.5 Å². The van der Waals surface area contributed by atoms with E-state index in [1.807, 2.05) is 29.0 Å². The molecule has 2 aromatic heterocycles. The van der Waals surface area contributed by atoms with Gasteiger partial charge in [0.1, 0.15) is 11.9 Å². The maximum atomic E-state index is 11.9. The average Bonchev–Trinajstić information content (AvgIpc) is 2.78. The first kappa shape index (κ1) is 14.1. The lowest BCUT2D eigenvalue weighted by Gasteiger charge is -2.22. The zero-order valence-corrected chi connectivity index (χ0v) is 12.5. The van der Waals surface area contributed by atoms with Crippen molar-refractivity contribution in [1.29, 1.82) is 0 Å². The smallest absolute Gasteiger partial charge is 0.211 e. The molecule has 0 radical (unpaired) electrons. The van der Waals surface area contributed by atoms with E-state index in [9.17, 15) is 8.42 Å². The topological polar surface area (TPSA) is 64.4 Å². The van der Waals surface area contributed by atoms with Crippen molar-refractivity contribution in [2.24, 2.45) is 0 Å². The van der Waals surface area contributed by atoms with Gasteiger partial charge in [0.25, 0.3) is 0 Å². The second-order valence-corrected chi connectivity index (χ2v) is 7.12. The highest BCUT2D eigenvalue weighted by Crippen LogP contribution is 2.19. The van der Waals surface area contributed by atoms with Gasteiger partial charge in [-0.2, -0.15) is 4.31 Å². The van der Waals surface area contributed by atoms with Crippen molar-refractivity contribution in [1.82, 2.24) is 13.9 Å². The van der Waals surface area contributed by atoms with Crippen LogP contribution in [0.25, 0.3) is 0 Å². The standard InChI is InChI=1S/C14H17N3O3S/c1-21(18,19)17-9-12-4-3-7-16(12)10-14(11-17)20-13-5-2-6-15-8-13/h2-8,14H,9-11H2,1H3. The molecule has 0 amide bonds. The zero-order chi connectivity index (χ0) is 14.9. The summed E-state index contributed by atoms with van der Waals surface area (Å²) in [7, 11) is -3.27. The Balaban J connectivity index is 1.87. The zero-order valence-electron chi connectivity index (χ0n) is 11.7. The van der Waals surface area contributed by atoms with Gasteiger partial charge >= 0.3 is 0 Å². The van der Waals surface area contributed by atoms with Crippen LogP contribution in [0.5, 0.6) is 5.75 Å². The van der Waals surface area contributed by atoms with Gasteiger partial charge in [0, 0.05) is 18.1 Å². The lowest BCUT2D eigenvalue weighted by atomic mass is 10.3. The van der Waals surface area contributed by atoms with Crippen LogP contribution in [0.15, 0.2) is 42.9 Å². The largest absolute Gasteiger partial charge is 0.486 e. The molecule has 1 aliphatic heterocycles. The molecule has 0 aliphatic carbocycles. The molecule has 0 saturated carbocycles. The quantitative estimate of drug-likeness (QED) is 0.852. The second-order valence-electron chi connectivity index (χ2n) is 5.14. The summed E-state index contributed by atoms with van der Waals surface area (Å²) in [6.45, 7) is 1.32. The third-order valence-corrected chi connectivity index (χ3v) is 4.69. The van der Waals surface area contributed by atoms with Gasteiger partial charge in [-0.05, 0) is 24.3 Å². The minimum Gasteiger partial charge on any atom is -0.486 e. The van der Waals surface area contributed by atoms with Gasteiger partial charge in [0.2, 0.25) is 10.0 Å². The van der Waals surface area contributed by atoms with Crippen LogP contribution in [-0.4, -0.2) is 41.2 Å². The predicted octanol–water partition coefficient (Wildman–Crippen LogP) is 1.11. The third kappa shape index (κ3) is 3.25. The minimum absolute atomic E-state index is 0.252. The van der Waals surface area contributed by atoms with Crippen molar-refractivity contribution in [3.63, 3.8) is 0 Å². The Labute approximate surface area is 124 Å². The van der Waals surface area contributed by atoms with Crippen LogP contribution in [0.4, 0.5) is 0 Å². The van der Waals surface area contributed by atoms with Gasteiger partial charge in [0.05, 0.1) is 32.1 Å². The van der Waals surface area contributed by atoms with Gasteiger partial charge in [0.15, 0.2) is 0 Å². The predicted molar refractivity (Wildman–Crippen MR) is 78.3 cm³/mol. The van der Waals surface area contributed by atoms with Crippen LogP contribution in [0, 0.1) is 0 Å². The van der Waals surface area contributed by atoms with Gasteiger partial charge in [-0.15, -0.1) is 0 Å². The molecule has 0 N–H and O–H groups in total. The number of nitrogens with zero attached hydrogens (tertiary/aromatic N) is 3. The third-order valence-electron chi connectivity index (χ3n) is 3.48. The molecule has 3 rings (SSSR count). The summed E-state index contributed by atoms with van der Waals surface area (Å²) in [5.74, 6) is 0.645. The SMILES string of the molecule is CS(=O)(=O)N1Cc2cccn2CC(Oc2cccnc2)C1. The molecule has 1 aliphatic rings. The summed E-state index contributed by atoms with van der Waals surface area (Å²) in [6, 6.07) is 7.47. The van der Waals surface area contributed by atoms with Gasteiger partial charge in [-0.25, -0.2) is 8.42 Å². The maximum absolute atomic E-state index is 11.9. The number of sulfonamides is 1.